The predicted molar refractivity (Wildman–Crippen MR) is 124 cm³/mol. The molecular weight excluding hydrogens is 455 g/mol. The average molecular weight is 482 g/mol. The van der Waals surface area contributed by atoms with Crippen molar-refractivity contribution in [2.45, 2.75) is 20.0 Å². The van der Waals surface area contributed by atoms with Crippen LogP contribution in [0.1, 0.15) is 29.8 Å². The summed E-state index contributed by atoms with van der Waals surface area (Å²) >= 11 is 1.23. The van der Waals surface area contributed by atoms with Gasteiger partial charge in [0.05, 0.1) is 19.8 Å². The second kappa shape index (κ2) is 10.4. The van der Waals surface area contributed by atoms with E-state index in [1.807, 2.05) is 13.8 Å². The van der Waals surface area contributed by atoms with E-state index in [1.165, 1.54) is 42.6 Å². The van der Waals surface area contributed by atoms with Gasteiger partial charge < -0.3 is 14.4 Å². The quantitative estimate of drug-likeness (QED) is 0.414. The van der Waals surface area contributed by atoms with Crippen molar-refractivity contribution in [1.29, 1.82) is 0 Å². The van der Waals surface area contributed by atoms with Gasteiger partial charge >= 0.3 is 6.18 Å². The Labute approximate surface area is 194 Å². The molecule has 2 aromatic carbocycles. The van der Waals surface area contributed by atoms with Crippen molar-refractivity contribution in [3.8, 4) is 11.5 Å². The first-order chi connectivity index (χ1) is 15.7. The van der Waals surface area contributed by atoms with Gasteiger partial charge in [0.15, 0.2) is 5.13 Å². The number of carbonyl (C=O) groups excluding carboxylic acids is 1. The lowest BCUT2D eigenvalue weighted by Crippen LogP contribution is -2.39. The number of thiazole rings is 1. The number of halogens is 3. The van der Waals surface area contributed by atoms with Gasteiger partial charge in [-0.2, -0.15) is 13.2 Å². The fourth-order valence-corrected chi connectivity index (χ4v) is 4.54. The van der Waals surface area contributed by atoms with Crippen molar-refractivity contribution >= 4 is 32.6 Å². The van der Waals surface area contributed by atoms with Crippen LogP contribution in [0.5, 0.6) is 11.5 Å². The summed E-state index contributed by atoms with van der Waals surface area (Å²) in [5.41, 5.74) is -0.395. The third kappa shape index (κ3) is 5.39. The minimum atomic E-state index is -4.54. The van der Waals surface area contributed by atoms with E-state index in [0.717, 1.165) is 25.2 Å². The Hall–Kier alpha value is -2.85. The van der Waals surface area contributed by atoms with Crippen LogP contribution in [-0.2, 0) is 6.18 Å². The van der Waals surface area contributed by atoms with Crippen LogP contribution in [0.15, 0.2) is 36.4 Å². The maximum atomic E-state index is 13.4. The molecule has 6 nitrogen and oxygen atoms in total. The Morgan fingerprint density at radius 1 is 1.03 bits per heavy atom. The number of amides is 1. The molecule has 0 aliphatic heterocycles. The summed E-state index contributed by atoms with van der Waals surface area (Å²) < 4.78 is 51.2. The highest BCUT2D eigenvalue weighted by atomic mass is 32.1. The summed E-state index contributed by atoms with van der Waals surface area (Å²) in [6.45, 7) is 6.39. The van der Waals surface area contributed by atoms with Crippen molar-refractivity contribution in [3.63, 3.8) is 0 Å². The van der Waals surface area contributed by atoms with Crippen LogP contribution in [0.3, 0.4) is 0 Å². The summed E-state index contributed by atoms with van der Waals surface area (Å²) in [7, 11) is 3.05. The van der Waals surface area contributed by atoms with Crippen LogP contribution in [0, 0.1) is 0 Å². The van der Waals surface area contributed by atoms with E-state index >= 15 is 0 Å². The summed E-state index contributed by atoms with van der Waals surface area (Å²) in [4.78, 5) is 21.6. The lowest BCUT2D eigenvalue weighted by molar-refractivity contribution is -0.137. The Balaban J connectivity index is 2.08. The van der Waals surface area contributed by atoms with Gasteiger partial charge in [0.25, 0.3) is 5.91 Å². The lowest BCUT2D eigenvalue weighted by Gasteiger charge is -2.25. The molecule has 1 amide bonds. The van der Waals surface area contributed by atoms with Crippen LogP contribution in [0.2, 0.25) is 0 Å². The van der Waals surface area contributed by atoms with E-state index in [-0.39, 0.29) is 12.1 Å². The van der Waals surface area contributed by atoms with Gasteiger partial charge in [-0.1, -0.05) is 31.3 Å². The van der Waals surface area contributed by atoms with Gasteiger partial charge in [-0.25, -0.2) is 4.98 Å². The lowest BCUT2D eigenvalue weighted by atomic mass is 10.1. The van der Waals surface area contributed by atoms with Gasteiger partial charge in [-0.05, 0) is 43.4 Å². The fourth-order valence-electron chi connectivity index (χ4n) is 3.44. The second-order valence-electron chi connectivity index (χ2n) is 7.21. The number of nitrogens with zero attached hydrogens (tertiary/aromatic N) is 3. The first-order valence-corrected chi connectivity index (χ1v) is 11.3. The third-order valence-electron chi connectivity index (χ3n) is 5.35. The van der Waals surface area contributed by atoms with Crippen molar-refractivity contribution < 1.29 is 27.4 Å². The van der Waals surface area contributed by atoms with Gasteiger partial charge in [0, 0.05) is 18.7 Å². The number of rotatable bonds is 9. The molecule has 0 bridgehead atoms. The topological polar surface area (TPSA) is 54.9 Å². The maximum absolute atomic E-state index is 13.4. The highest BCUT2D eigenvalue weighted by Crippen LogP contribution is 2.40. The van der Waals surface area contributed by atoms with E-state index in [9.17, 15) is 18.0 Å². The molecular formula is C23H26F3N3O3S. The molecule has 0 aliphatic rings. The highest BCUT2D eigenvalue weighted by Gasteiger charge is 2.32. The van der Waals surface area contributed by atoms with E-state index in [0.29, 0.717) is 33.4 Å². The number of likely N-dealkylation sites (N-methyl/N-ethyl adjacent to an activating group) is 1. The largest absolute Gasteiger partial charge is 0.495 e. The smallest absolute Gasteiger partial charge is 0.416 e. The minimum Gasteiger partial charge on any atom is -0.495 e. The molecule has 0 N–H and O–H groups in total. The van der Waals surface area contributed by atoms with E-state index in [4.69, 9.17) is 9.47 Å². The Kier molecular flexibility index (Phi) is 7.80. The number of hydrogen-bond acceptors (Lipinski definition) is 6. The zero-order chi connectivity index (χ0) is 24.2. The molecule has 0 fully saturated rings. The minimum absolute atomic E-state index is 0.0532. The molecule has 0 radical (unpaired) electrons. The van der Waals surface area contributed by atoms with E-state index in [2.05, 4.69) is 9.88 Å². The number of benzene rings is 2. The SMILES string of the molecule is CCN(CC)CCN(C(=O)c1cccc(C(F)(F)F)c1)c1nc2c(OC)ccc(OC)c2s1. The monoisotopic (exact) mass is 481 g/mol. The number of methoxy groups -OCH3 is 2. The van der Waals surface area contributed by atoms with E-state index < -0.39 is 17.6 Å². The summed E-state index contributed by atoms with van der Waals surface area (Å²) in [5.74, 6) is 0.540. The number of alkyl halides is 3. The first kappa shape index (κ1) is 24.8. The van der Waals surface area contributed by atoms with Crippen LogP contribution in [-0.4, -0.2) is 56.2 Å². The van der Waals surface area contributed by atoms with Gasteiger partial charge in [0.2, 0.25) is 0 Å². The molecule has 0 spiro atoms. The summed E-state index contributed by atoms with van der Waals surface area (Å²) in [6, 6.07) is 7.92. The Morgan fingerprint density at radius 2 is 1.70 bits per heavy atom. The van der Waals surface area contributed by atoms with Crippen LogP contribution >= 0.6 is 11.3 Å². The normalized spacial score (nSPS) is 11.8. The standard InChI is InChI=1S/C23H26F3N3O3S/c1-5-28(6-2)12-13-29(21(30)15-8-7-9-16(14-15)23(24,25)26)22-27-19-17(31-3)10-11-18(32-4)20(19)33-22/h7-11,14H,5-6,12-13H2,1-4H3. The molecule has 0 aliphatic carbocycles. The molecule has 10 heteroatoms. The average Bonchev–Trinajstić information content (AvgIpc) is 3.25. The fraction of sp³-hybridized carbons (Fsp3) is 0.391. The van der Waals surface area contributed by atoms with Crippen molar-refractivity contribution in [2.24, 2.45) is 0 Å². The molecule has 3 rings (SSSR count). The number of carbonyl (C=O) groups is 1. The number of fused-ring (bicyclic) bond motifs is 1. The molecule has 0 saturated carbocycles. The zero-order valence-electron chi connectivity index (χ0n) is 18.9. The van der Waals surface area contributed by atoms with Crippen molar-refractivity contribution in [3.05, 3.63) is 47.5 Å². The molecule has 33 heavy (non-hydrogen) atoms. The zero-order valence-corrected chi connectivity index (χ0v) is 19.7. The molecule has 0 unspecified atom stereocenters. The van der Waals surface area contributed by atoms with Crippen LogP contribution in [0.4, 0.5) is 18.3 Å². The highest BCUT2D eigenvalue weighted by molar-refractivity contribution is 7.22. The maximum Gasteiger partial charge on any atom is 0.416 e. The first-order valence-electron chi connectivity index (χ1n) is 10.5. The molecule has 0 saturated heterocycles. The number of hydrogen-bond donors (Lipinski definition) is 0. The summed E-state index contributed by atoms with van der Waals surface area (Å²) in [5, 5.41) is 0.363. The molecule has 178 valence electrons. The number of aromatic nitrogens is 1. The van der Waals surface area contributed by atoms with E-state index in [1.54, 1.807) is 12.1 Å². The Bertz CT molecular complexity index is 1070. The van der Waals surface area contributed by atoms with Gasteiger partial charge in [0.1, 0.15) is 21.7 Å². The second-order valence-corrected chi connectivity index (χ2v) is 8.18. The van der Waals surface area contributed by atoms with Crippen molar-refractivity contribution in [2.75, 3.05) is 45.3 Å². The van der Waals surface area contributed by atoms with Crippen LogP contribution < -0.4 is 14.4 Å². The van der Waals surface area contributed by atoms with Crippen molar-refractivity contribution in [1.82, 2.24) is 9.88 Å². The third-order valence-corrected chi connectivity index (χ3v) is 6.44. The Morgan fingerprint density at radius 3 is 2.30 bits per heavy atom. The number of ether oxygens (including phenoxy) is 2. The molecule has 3 aromatic rings. The predicted octanol–water partition coefficient (Wildman–Crippen LogP) is 5.32. The van der Waals surface area contributed by atoms with Gasteiger partial charge in [-0.3, -0.25) is 9.69 Å². The van der Waals surface area contributed by atoms with Crippen LogP contribution in [0.25, 0.3) is 10.2 Å². The summed E-state index contributed by atoms with van der Waals surface area (Å²) in [6.07, 6.45) is -4.54. The molecule has 0 atom stereocenters. The number of anilines is 1. The molecule has 1 aromatic heterocycles. The van der Waals surface area contributed by atoms with Gasteiger partial charge in [-0.15, -0.1) is 0 Å². The molecule has 1 heterocycles.